The number of rotatable bonds is 2. The topological polar surface area (TPSA) is 47.4 Å². The summed E-state index contributed by atoms with van der Waals surface area (Å²) in [6, 6.07) is 5.66. The molecule has 5 nitrogen and oxygen atoms in total. The zero-order valence-electron chi connectivity index (χ0n) is 11.1. The number of nitrogens with zero attached hydrogens (tertiary/aromatic N) is 3. The Hall–Kier alpha value is -2.30. The van der Waals surface area contributed by atoms with Crippen LogP contribution in [0, 0.1) is 6.92 Å². The van der Waals surface area contributed by atoms with Gasteiger partial charge in [0.05, 0.1) is 11.1 Å². The van der Waals surface area contributed by atoms with Crippen molar-refractivity contribution >= 4 is 11.7 Å². The number of carbonyl (C=O) groups excluding carboxylic acids is 1. The lowest BCUT2D eigenvalue weighted by atomic mass is 10.1. The summed E-state index contributed by atoms with van der Waals surface area (Å²) in [4.78, 5) is 18.2. The Balaban J connectivity index is 2.20. The number of esters is 1. The normalized spacial score (nSPS) is 17.2. The van der Waals surface area contributed by atoms with E-state index >= 15 is 0 Å². The average Bonchev–Trinajstić information content (AvgIpc) is 2.93. The van der Waals surface area contributed by atoms with Crippen LogP contribution in [-0.2, 0) is 4.74 Å². The smallest absolute Gasteiger partial charge is 0.340 e. The zero-order chi connectivity index (χ0) is 13.6. The zero-order valence-corrected chi connectivity index (χ0v) is 11.1. The first-order valence-corrected chi connectivity index (χ1v) is 6.10. The van der Waals surface area contributed by atoms with Crippen LogP contribution in [0.3, 0.4) is 0 Å². The van der Waals surface area contributed by atoms with Crippen LogP contribution in [0.5, 0.6) is 0 Å². The minimum atomic E-state index is -0.427. The lowest BCUT2D eigenvalue weighted by Gasteiger charge is -2.20. The fourth-order valence-electron chi connectivity index (χ4n) is 2.44. The maximum atomic E-state index is 12.0. The molecule has 0 fully saturated rings. The molecule has 1 aromatic carbocycles. The molecule has 1 aromatic heterocycles. The van der Waals surface area contributed by atoms with Gasteiger partial charge >= 0.3 is 5.97 Å². The van der Waals surface area contributed by atoms with Gasteiger partial charge in [0.2, 0.25) is 6.23 Å². The third-order valence-electron chi connectivity index (χ3n) is 3.37. The van der Waals surface area contributed by atoms with Crippen LogP contribution in [0.25, 0.3) is 0 Å². The molecule has 0 saturated carbocycles. The quantitative estimate of drug-likeness (QED) is 0.772. The van der Waals surface area contributed by atoms with Crippen LogP contribution in [0.15, 0.2) is 30.6 Å². The molecule has 98 valence electrons. The van der Waals surface area contributed by atoms with E-state index in [1.165, 1.54) is 0 Å². The van der Waals surface area contributed by atoms with E-state index in [4.69, 9.17) is 4.74 Å². The van der Waals surface area contributed by atoms with Crippen molar-refractivity contribution in [3.8, 4) is 0 Å². The van der Waals surface area contributed by atoms with E-state index in [1.54, 1.807) is 12.3 Å². The lowest BCUT2D eigenvalue weighted by Crippen LogP contribution is -2.16. The minimum Gasteiger partial charge on any atom is -0.433 e. The maximum Gasteiger partial charge on any atom is 0.340 e. The van der Waals surface area contributed by atoms with Crippen molar-refractivity contribution in [2.75, 3.05) is 19.0 Å². The first-order chi connectivity index (χ1) is 9.09. The van der Waals surface area contributed by atoms with Crippen LogP contribution in [0.4, 0.5) is 5.69 Å². The molecule has 0 saturated heterocycles. The predicted octanol–water partition coefficient (Wildman–Crippen LogP) is 1.97. The first-order valence-electron chi connectivity index (χ1n) is 6.10. The summed E-state index contributed by atoms with van der Waals surface area (Å²) in [5, 5.41) is 0. The van der Waals surface area contributed by atoms with Crippen molar-refractivity contribution in [3.05, 3.63) is 47.5 Å². The fourth-order valence-corrected chi connectivity index (χ4v) is 2.44. The second-order valence-corrected chi connectivity index (χ2v) is 4.77. The van der Waals surface area contributed by atoms with E-state index in [2.05, 4.69) is 4.98 Å². The highest BCUT2D eigenvalue weighted by Gasteiger charge is 2.35. The van der Waals surface area contributed by atoms with Crippen molar-refractivity contribution in [1.82, 2.24) is 9.55 Å². The highest BCUT2D eigenvalue weighted by atomic mass is 16.6. The predicted molar refractivity (Wildman–Crippen MR) is 71.3 cm³/mol. The van der Waals surface area contributed by atoms with Gasteiger partial charge < -0.3 is 9.64 Å². The van der Waals surface area contributed by atoms with Crippen LogP contribution >= 0.6 is 0 Å². The number of benzene rings is 1. The average molecular weight is 257 g/mol. The van der Waals surface area contributed by atoms with Crippen molar-refractivity contribution in [3.63, 3.8) is 0 Å². The van der Waals surface area contributed by atoms with Crippen LogP contribution in [0.1, 0.15) is 28.0 Å². The summed E-state index contributed by atoms with van der Waals surface area (Å²) in [5.74, 6) is 0.538. The summed E-state index contributed by atoms with van der Waals surface area (Å²) in [6.07, 6.45) is 3.11. The standard InChI is InChI=1S/C14H15N3O2/c1-9-15-7-8-17(9)13-12-10(14(18)19-13)5-4-6-11(12)16(2)3/h4-8,13H,1-3H3. The summed E-state index contributed by atoms with van der Waals surface area (Å²) in [7, 11) is 3.91. The van der Waals surface area contributed by atoms with Crippen molar-refractivity contribution < 1.29 is 9.53 Å². The third-order valence-corrected chi connectivity index (χ3v) is 3.37. The van der Waals surface area contributed by atoms with Crippen LogP contribution in [0.2, 0.25) is 0 Å². The van der Waals surface area contributed by atoms with E-state index in [1.807, 2.05) is 48.8 Å². The van der Waals surface area contributed by atoms with E-state index in [0.717, 1.165) is 17.1 Å². The number of cyclic esters (lactones) is 1. The summed E-state index contributed by atoms with van der Waals surface area (Å²) < 4.78 is 7.38. The molecule has 0 radical (unpaired) electrons. The number of aryl methyl sites for hydroxylation is 1. The molecule has 3 rings (SSSR count). The molecular weight excluding hydrogens is 242 g/mol. The van der Waals surface area contributed by atoms with E-state index in [-0.39, 0.29) is 5.97 Å². The Morgan fingerprint density at radius 3 is 2.79 bits per heavy atom. The Labute approximate surface area is 111 Å². The van der Waals surface area contributed by atoms with Gasteiger partial charge in [0.1, 0.15) is 5.82 Å². The monoisotopic (exact) mass is 257 g/mol. The van der Waals surface area contributed by atoms with Gasteiger partial charge in [-0.15, -0.1) is 0 Å². The number of ether oxygens (including phenoxy) is 1. The number of hydrogen-bond acceptors (Lipinski definition) is 4. The van der Waals surface area contributed by atoms with E-state index in [9.17, 15) is 4.79 Å². The molecule has 0 N–H and O–H groups in total. The number of anilines is 1. The maximum absolute atomic E-state index is 12.0. The van der Waals surface area contributed by atoms with Gasteiger partial charge in [0, 0.05) is 32.2 Å². The fraction of sp³-hybridized carbons (Fsp3) is 0.286. The van der Waals surface area contributed by atoms with Gasteiger partial charge in [-0.25, -0.2) is 9.78 Å². The molecule has 0 spiro atoms. The van der Waals surface area contributed by atoms with Gasteiger partial charge in [-0.1, -0.05) is 6.07 Å². The van der Waals surface area contributed by atoms with Crippen LogP contribution in [-0.4, -0.2) is 29.6 Å². The largest absolute Gasteiger partial charge is 0.433 e. The summed E-state index contributed by atoms with van der Waals surface area (Å²) in [5.41, 5.74) is 2.52. The second-order valence-electron chi connectivity index (χ2n) is 4.77. The molecule has 0 bridgehead atoms. The lowest BCUT2D eigenvalue weighted by molar-refractivity contribution is 0.0318. The minimum absolute atomic E-state index is 0.281. The molecule has 1 aliphatic rings. The van der Waals surface area contributed by atoms with E-state index in [0.29, 0.717) is 5.56 Å². The summed E-state index contributed by atoms with van der Waals surface area (Å²) >= 11 is 0. The SMILES string of the molecule is Cc1nccn1C1OC(=O)c2cccc(N(C)C)c21. The Kier molecular flexibility index (Phi) is 2.55. The van der Waals surface area contributed by atoms with Crippen LogP contribution < -0.4 is 4.90 Å². The molecule has 2 heterocycles. The highest BCUT2D eigenvalue weighted by molar-refractivity contribution is 5.96. The molecule has 1 unspecified atom stereocenters. The number of imidazole rings is 1. The molecule has 2 aromatic rings. The van der Waals surface area contributed by atoms with Gasteiger partial charge in [-0.05, 0) is 19.1 Å². The Morgan fingerprint density at radius 1 is 1.37 bits per heavy atom. The Bertz CT molecular complexity index is 646. The third kappa shape index (κ3) is 1.69. The molecule has 1 atom stereocenters. The van der Waals surface area contributed by atoms with Gasteiger partial charge in [-0.2, -0.15) is 0 Å². The molecule has 1 aliphatic heterocycles. The first kappa shape index (κ1) is 11.8. The number of aromatic nitrogens is 2. The summed E-state index contributed by atoms with van der Waals surface area (Å²) in [6.45, 7) is 1.89. The van der Waals surface area contributed by atoms with Gasteiger partial charge in [-0.3, -0.25) is 4.57 Å². The van der Waals surface area contributed by atoms with Crippen molar-refractivity contribution in [1.29, 1.82) is 0 Å². The molecule has 0 aliphatic carbocycles. The number of carbonyl (C=O) groups is 1. The van der Waals surface area contributed by atoms with Crippen molar-refractivity contribution in [2.45, 2.75) is 13.2 Å². The Morgan fingerprint density at radius 2 is 2.16 bits per heavy atom. The van der Waals surface area contributed by atoms with Gasteiger partial charge in [0.25, 0.3) is 0 Å². The molecular formula is C14H15N3O2. The molecule has 19 heavy (non-hydrogen) atoms. The molecule has 0 amide bonds. The molecule has 5 heteroatoms. The number of hydrogen-bond donors (Lipinski definition) is 0. The second kappa shape index (κ2) is 4.12. The van der Waals surface area contributed by atoms with E-state index < -0.39 is 6.23 Å². The number of fused-ring (bicyclic) bond motifs is 1. The van der Waals surface area contributed by atoms with Crippen molar-refractivity contribution in [2.24, 2.45) is 0 Å². The van der Waals surface area contributed by atoms with Gasteiger partial charge in [0.15, 0.2) is 0 Å². The highest BCUT2D eigenvalue weighted by Crippen LogP contribution is 2.38.